The number of aromatic nitrogens is 2. The second-order valence-corrected chi connectivity index (χ2v) is 6.58. The number of halogens is 1. The third kappa shape index (κ3) is 2.93. The maximum absolute atomic E-state index is 5.41. The molecule has 2 aromatic heterocycles. The van der Waals surface area contributed by atoms with Crippen LogP contribution in [0.3, 0.4) is 0 Å². The molecule has 0 radical (unpaired) electrons. The normalized spacial score (nSPS) is 15.6. The Morgan fingerprint density at radius 1 is 1.33 bits per heavy atom. The summed E-state index contributed by atoms with van der Waals surface area (Å²) in [6, 6.07) is 1.95. The molecule has 0 amide bonds. The van der Waals surface area contributed by atoms with Crippen molar-refractivity contribution < 1.29 is 4.42 Å². The highest BCUT2D eigenvalue weighted by molar-refractivity contribution is 14.1. The summed E-state index contributed by atoms with van der Waals surface area (Å²) in [6.45, 7) is 4.91. The number of furan rings is 1. The van der Waals surface area contributed by atoms with Crippen LogP contribution >= 0.6 is 22.6 Å². The van der Waals surface area contributed by atoms with E-state index in [-0.39, 0.29) is 0 Å². The Labute approximate surface area is 138 Å². The van der Waals surface area contributed by atoms with Gasteiger partial charge in [0.1, 0.15) is 11.6 Å². The zero-order valence-corrected chi connectivity index (χ0v) is 14.6. The largest absolute Gasteiger partial charge is 0.469 e. The average Bonchev–Trinajstić information content (AvgIpc) is 3.13. The summed E-state index contributed by atoms with van der Waals surface area (Å²) in [6.07, 6.45) is 6.79. The first kappa shape index (κ1) is 14.8. The molecule has 21 heavy (non-hydrogen) atoms. The molecule has 0 saturated heterocycles. The lowest BCUT2D eigenvalue weighted by molar-refractivity contribution is 0.535. The van der Waals surface area contributed by atoms with Gasteiger partial charge in [0, 0.05) is 12.5 Å². The highest BCUT2D eigenvalue weighted by Gasteiger charge is 2.24. The van der Waals surface area contributed by atoms with Gasteiger partial charge in [-0.05, 0) is 55.3 Å². The van der Waals surface area contributed by atoms with Crippen molar-refractivity contribution >= 4 is 28.4 Å². The Kier molecular flexibility index (Phi) is 4.47. The molecule has 0 bridgehead atoms. The lowest BCUT2D eigenvalue weighted by Gasteiger charge is -2.16. The molecule has 3 rings (SSSR count). The second kappa shape index (κ2) is 6.34. The van der Waals surface area contributed by atoms with Gasteiger partial charge in [-0.1, -0.05) is 12.8 Å². The molecule has 0 spiro atoms. The van der Waals surface area contributed by atoms with Crippen molar-refractivity contribution in [2.24, 2.45) is 0 Å². The van der Waals surface area contributed by atoms with Gasteiger partial charge in [-0.15, -0.1) is 0 Å². The number of hydrogen-bond acceptors (Lipinski definition) is 4. The van der Waals surface area contributed by atoms with Crippen molar-refractivity contribution in [2.75, 3.05) is 11.9 Å². The van der Waals surface area contributed by atoms with E-state index in [0.29, 0.717) is 5.92 Å². The highest BCUT2D eigenvalue weighted by atomic mass is 127. The maximum Gasteiger partial charge on any atom is 0.165 e. The molecule has 0 atom stereocenters. The first-order valence-electron chi connectivity index (χ1n) is 7.56. The summed E-state index contributed by atoms with van der Waals surface area (Å²) in [5, 5.41) is 3.37. The SMILES string of the molecule is CCNc1nc(-c2ccoc2C)nc(C2CCCC2)c1I. The average molecular weight is 397 g/mol. The van der Waals surface area contributed by atoms with E-state index in [1.807, 2.05) is 13.0 Å². The van der Waals surface area contributed by atoms with Gasteiger partial charge < -0.3 is 9.73 Å². The Hall–Kier alpha value is -1.11. The molecule has 1 aliphatic rings. The molecule has 1 fully saturated rings. The van der Waals surface area contributed by atoms with Crippen LogP contribution in [0.1, 0.15) is 50.0 Å². The monoisotopic (exact) mass is 397 g/mol. The molecule has 1 saturated carbocycles. The fourth-order valence-corrected chi connectivity index (χ4v) is 3.83. The first-order valence-corrected chi connectivity index (χ1v) is 8.64. The number of nitrogens with one attached hydrogen (secondary N) is 1. The highest BCUT2D eigenvalue weighted by Crippen LogP contribution is 2.38. The molecular weight excluding hydrogens is 377 g/mol. The van der Waals surface area contributed by atoms with Gasteiger partial charge in [0.25, 0.3) is 0 Å². The molecule has 0 unspecified atom stereocenters. The van der Waals surface area contributed by atoms with Crippen LogP contribution in [-0.4, -0.2) is 16.5 Å². The van der Waals surface area contributed by atoms with Gasteiger partial charge in [-0.3, -0.25) is 0 Å². The van der Waals surface area contributed by atoms with Crippen LogP contribution in [0.25, 0.3) is 11.4 Å². The van der Waals surface area contributed by atoms with Crippen LogP contribution in [0, 0.1) is 10.5 Å². The molecule has 0 aliphatic heterocycles. The lowest BCUT2D eigenvalue weighted by atomic mass is 10.0. The van der Waals surface area contributed by atoms with E-state index in [0.717, 1.165) is 29.5 Å². The Morgan fingerprint density at radius 2 is 2.10 bits per heavy atom. The van der Waals surface area contributed by atoms with Gasteiger partial charge in [-0.2, -0.15) is 0 Å². The van der Waals surface area contributed by atoms with Crippen molar-refractivity contribution in [1.29, 1.82) is 0 Å². The molecule has 1 aliphatic carbocycles. The smallest absolute Gasteiger partial charge is 0.165 e. The molecule has 4 nitrogen and oxygen atoms in total. The van der Waals surface area contributed by atoms with Gasteiger partial charge in [0.05, 0.1) is 21.1 Å². The van der Waals surface area contributed by atoms with Gasteiger partial charge in [-0.25, -0.2) is 9.97 Å². The zero-order chi connectivity index (χ0) is 14.8. The van der Waals surface area contributed by atoms with E-state index < -0.39 is 0 Å². The zero-order valence-electron chi connectivity index (χ0n) is 12.4. The Bertz CT molecular complexity index is 632. The van der Waals surface area contributed by atoms with E-state index in [2.05, 4.69) is 34.8 Å². The number of hydrogen-bond donors (Lipinski definition) is 1. The van der Waals surface area contributed by atoms with Crippen molar-refractivity contribution in [1.82, 2.24) is 9.97 Å². The summed E-state index contributed by atoms with van der Waals surface area (Å²) in [5.41, 5.74) is 2.19. The third-order valence-corrected chi connectivity index (χ3v) is 5.13. The fraction of sp³-hybridized carbons (Fsp3) is 0.500. The van der Waals surface area contributed by atoms with E-state index in [1.54, 1.807) is 6.26 Å². The molecule has 1 N–H and O–H groups in total. The van der Waals surface area contributed by atoms with Gasteiger partial charge >= 0.3 is 0 Å². The number of rotatable bonds is 4. The maximum atomic E-state index is 5.41. The van der Waals surface area contributed by atoms with Crippen LogP contribution in [-0.2, 0) is 0 Å². The van der Waals surface area contributed by atoms with Crippen molar-refractivity contribution in [3.05, 3.63) is 27.4 Å². The third-order valence-electron chi connectivity index (χ3n) is 4.06. The van der Waals surface area contributed by atoms with Crippen LogP contribution in [0.2, 0.25) is 0 Å². The van der Waals surface area contributed by atoms with Crippen molar-refractivity contribution in [2.45, 2.75) is 45.4 Å². The minimum absolute atomic E-state index is 0.572. The van der Waals surface area contributed by atoms with Crippen LogP contribution in [0.4, 0.5) is 5.82 Å². The fourth-order valence-electron chi connectivity index (χ4n) is 2.96. The summed E-state index contributed by atoms with van der Waals surface area (Å²) >= 11 is 2.39. The van der Waals surface area contributed by atoms with Gasteiger partial charge in [0.2, 0.25) is 0 Å². The number of nitrogens with zero attached hydrogens (tertiary/aromatic N) is 2. The van der Waals surface area contributed by atoms with E-state index in [4.69, 9.17) is 14.4 Å². The van der Waals surface area contributed by atoms with E-state index in [1.165, 1.54) is 34.9 Å². The van der Waals surface area contributed by atoms with Crippen molar-refractivity contribution in [3.8, 4) is 11.4 Å². The number of anilines is 1. The van der Waals surface area contributed by atoms with Crippen LogP contribution in [0.5, 0.6) is 0 Å². The minimum Gasteiger partial charge on any atom is -0.469 e. The number of aryl methyl sites for hydroxylation is 1. The van der Waals surface area contributed by atoms with E-state index >= 15 is 0 Å². The molecule has 2 heterocycles. The standard InChI is InChI=1S/C16H20IN3O/c1-3-18-16-13(17)14(11-6-4-5-7-11)19-15(20-16)12-8-9-21-10(12)2/h8-9,11H,3-7H2,1-2H3,(H,18,19,20). The summed E-state index contributed by atoms with van der Waals surface area (Å²) in [5.74, 6) is 3.17. The molecular formula is C16H20IN3O. The molecule has 2 aromatic rings. The summed E-state index contributed by atoms with van der Waals surface area (Å²) < 4.78 is 6.58. The predicted octanol–water partition coefficient (Wildman–Crippen LogP) is 4.74. The molecule has 5 heteroatoms. The first-order chi connectivity index (χ1) is 10.2. The van der Waals surface area contributed by atoms with Crippen LogP contribution < -0.4 is 5.32 Å². The molecule has 0 aromatic carbocycles. The Morgan fingerprint density at radius 3 is 2.71 bits per heavy atom. The summed E-state index contributed by atoms with van der Waals surface area (Å²) in [7, 11) is 0. The topological polar surface area (TPSA) is 51.0 Å². The minimum atomic E-state index is 0.572. The van der Waals surface area contributed by atoms with Crippen molar-refractivity contribution in [3.63, 3.8) is 0 Å². The summed E-state index contributed by atoms with van der Waals surface area (Å²) in [4.78, 5) is 9.59. The Balaban J connectivity index is 2.10. The quantitative estimate of drug-likeness (QED) is 0.758. The van der Waals surface area contributed by atoms with Gasteiger partial charge in [0.15, 0.2) is 5.82 Å². The second-order valence-electron chi connectivity index (χ2n) is 5.50. The predicted molar refractivity (Wildman–Crippen MR) is 92.6 cm³/mol. The lowest BCUT2D eigenvalue weighted by Crippen LogP contribution is -2.10. The molecule has 112 valence electrons. The van der Waals surface area contributed by atoms with E-state index in [9.17, 15) is 0 Å². The van der Waals surface area contributed by atoms with Crippen LogP contribution in [0.15, 0.2) is 16.7 Å².